The van der Waals surface area contributed by atoms with Crippen molar-refractivity contribution in [3.05, 3.63) is 58.4 Å². The lowest BCUT2D eigenvalue weighted by molar-refractivity contribution is -0.141. The van der Waals surface area contributed by atoms with Gasteiger partial charge in [0.15, 0.2) is 5.69 Å². The Morgan fingerprint density at radius 1 is 1.27 bits per heavy atom. The molecule has 1 saturated carbocycles. The number of carbonyl (C=O) groups is 1. The number of nitrogens with zero attached hydrogens (tertiary/aromatic N) is 5. The fraction of sp³-hybridized carbons (Fsp3) is 0.333. The molecule has 1 aromatic carbocycles. The number of hydrogen-bond donors (Lipinski definition) is 1. The highest BCUT2D eigenvalue weighted by Gasteiger charge is 2.42. The molecule has 0 bridgehead atoms. The van der Waals surface area contributed by atoms with Gasteiger partial charge in [0.25, 0.3) is 0 Å². The van der Waals surface area contributed by atoms with Crippen LogP contribution in [0.1, 0.15) is 35.7 Å². The van der Waals surface area contributed by atoms with Crippen LogP contribution >= 0.6 is 11.6 Å². The van der Waals surface area contributed by atoms with E-state index in [9.17, 15) is 22.4 Å². The Balaban J connectivity index is 1.45. The molecule has 2 aromatic heterocycles. The zero-order valence-corrected chi connectivity index (χ0v) is 16.1. The summed E-state index contributed by atoms with van der Waals surface area (Å²) in [6, 6.07) is 5.94. The molecule has 3 aromatic rings. The van der Waals surface area contributed by atoms with Crippen molar-refractivity contribution in [2.75, 3.05) is 5.32 Å². The standard InChI is InChI=1S/C18H15ClF4N6O/c19-14-15(11-4-5-11)29(26-16(14)18(21,22)23)8-13(30)25-17-24-9-28(27-17)7-10-2-1-3-12(20)6-10/h1-3,6,9,11H,4-5,7-8H2,(H,25,27,30). The summed E-state index contributed by atoms with van der Waals surface area (Å²) >= 11 is 5.89. The number of halogens is 5. The van der Waals surface area contributed by atoms with Gasteiger partial charge < -0.3 is 0 Å². The molecule has 1 amide bonds. The fourth-order valence-corrected chi connectivity index (χ4v) is 3.45. The monoisotopic (exact) mass is 442 g/mol. The Labute approximate surface area is 172 Å². The van der Waals surface area contributed by atoms with Gasteiger partial charge in [0, 0.05) is 5.92 Å². The normalized spacial score (nSPS) is 14.2. The van der Waals surface area contributed by atoms with Crippen LogP contribution in [-0.2, 0) is 24.1 Å². The number of aromatic nitrogens is 5. The topological polar surface area (TPSA) is 77.6 Å². The van der Waals surface area contributed by atoms with Crippen LogP contribution in [0.25, 0.3) is 0 Å². The van der Waals surface area contributed by atoms with Crippen molar-refractivity contribution in [3.63, 3.8) is 0 Å². The van der Waals surface area contributed by atoms with Crippen molar-refractivity contribution >= 4 is 23.5 Å². The van der Waals surface area contributed by atoms with Gasteiger partial charge in [-0.25, -0.2) is 14.1 Å². The number of carbonyl (C=O) groups excluding carboxylic acids is 1. The minimum atomic E-state index is -4.71. The molecule has 2 heterocycles. The van der Waals surface area contributed by atoms with Crippen LogP contribution in [0.3, 0.4) is 0 Å². The van der Waals surface area contributed by atoms with Crippen molar-refractivity contribution in [3.8, 4) is 0 Å². The molecule has 0 atom stereocenters. The molecular formula is C18H15ClF4N6O. The van der Waals surface area contributed by atoms with E-state index < -0.39 is 29.3 Å². The second kappa shape index (κ2) is 7.71. The van der Waals surface area contributed by atoms with Crippen LogP contribution in [0.15, 0.2) is 30.6 Å². The van der Waals surface area contributed by atoms with Crippen LogP contribution in [-0.4, -0.2) is 30.5 Å². The van der Waals surface area contributed by atoms with Gasteiger partial charge in [0.1, 0.15) is 18.7 Å². The second-order valence-electron chi connectivity index (χ2n) is 6.92. The minimum absolute atomic E-state index is 0.0290. The van der Waals surface area contributed by atoms with Crippen LogP contribution < -0.4 is 5.32 Å². The van der Waals surface area contributed by atoms with E-state index in [1.54, 1.807) is 12.1 Å². The number of nitrogens with one attached hydrogen (secondary N) is 1. The molecule has 1 N–H and O–H groups in total. The Bertz CT molecular complexity index is 1090. The van der Waals surface area contributed by atoms with E-state index in [4.69, 9.17) is 11.6 Å². The number of amides is 1. The van der Waals surface area contributed by atoms with Crippen molar-refractivity contribution < 1.29 is 22.4 Å². The molecule has 0 radical (unpaired) electrons. The average molecular weight is 443 g/mol. The lowest BCUT2D eigenvalue weighted by atomic mass is 10.2. The minimum Gasteiger partial charge on any atom is -0.292 e. The highest BCUT2D eigenvalue weighted by atomic mass is 35.5. The van der Waals surface area contributed by atoms with Gasteiger partial charge in [-0.15, -0.1) is 5.10 Å². The van der Waals surface area contributed by atoms with Gasteiger partial charge in [-0.3, -0.25) is 14.8 Å². The Hall–Kier alpha value is -2.95. The van der Waals surface area contributed by atoms with E-state index in [1.807, 2.05) is 0 Å². The van der Waals surface area contributed by atoms with E-state index in [0.29, 0.717) is 18.4 Å². The van der Waals surface area contributed by atoms with Gasteiger partial charge in [-0.05, 0) is 30.5 Å². The van der Waals surface area contributed by atoms with E-state index in [2.05, 4.69) is 20.5 Å². The average Bonchev–Trinajstić information content (AvgIpc) is 3.30. The first-order valence-corrected chi connectivity index (χ1v) is 9.35. The summed E-state index contributed by atoms with van der Waals surface area (Å²) in [5, 5.41) is 9.53. The summed E-state index contributed by atoms with van der Waals surface area (Å²) in [5.74, 6) is -1.20. The summed E-state index contributed by atoms with van der Waals surface area (Å²) in [4.78, 5) is 16.3. The van der Waals surface area contributed by atoms with E-state index >= 15 is 0 Å². The molecule has 7 nitrogen and oxygen atoms in total. The van der Waals surface area contributed by atoms with E-state index in [-0.39, 0.29) is 29.9 Å². The molecule has 1 aliphatic rings. The molecule has 158 valence electrons. The van der Waals surface area contributed by atoms with Crippen LogP contribution in [0, 0.1) is 5.82 Å². The van der Waals surface area contributed by atoms with Crippen molar-refractivity contribution in [1.82, 2.24) is 24.5 Å². The number of anilines is 1. The van der Waals surface area contributed by atoms with E-state index in [0.717, 1.165) is 4.68 Å². The molecule has 30 heavy (non-hydrogen) atoms. The van der Waals surface area contributed by atoms with Gasteiger partial charge in [0.05, 0.1) is 17.3 Å². The third-order valence-electron chi connectivity index (χ3n) is 4.48. The number of benzene rings is 1. The molecule has 4 rings (SSSR count). The quantitative estimate of drug-likeness (QED) is 0.588. The van der Waals surface area contributed by atoms with E-state index in [1.165, 1.54) is 23.1 Å². The molecule has 0 unspecified atom stereocenters. The number of rotatable bonds is 6. The highest BCUT2D eigenvalue weighted by molar-refractivity contribution is 6.32. The summed E-state index contributed by atoms with van der Waals surface area (Å²) in [6.07, 6.45) is -1.98. The van der Waals surface area contributed by atoms with Crippen molar-refractivity contribution in [2.24, 2.45) is 0 Å². The summed E-state index contributed by atoms with van der Waals surface area (Å²) in [7, 11) is 0. The van der Waals surface area contributed by atoms with Gasteiger partial charge in [0.2, 0.25) is 11.9 Å². The largest absolute Gasteiger partial charge is 0.436 e. The smallest absolute Gasteiger partial charge is 0.292 e. The van der Waals surface area contributed by atoms with Crippen LogP contribution in [0.5, 0.6) is 0 Å². The first-order chi connectivity index (χ1) is 14.2. The predicted octanol–water partition coefficient (Wildman–Crippen LogP) is 3.85. The summed E-state index contributed by atoms with van der Waals surface area (Å²) in [6.45, 7) is -0.226. The Kier molecular flexibility index (Phi) is 5.22. The second-order valence-corrected chi connectivity index (χ2v) is 7.30. The van der Waals surface area contributed by atoms with Gasteiger partial charge in [-0.1, -0.05) is 23.7 Å². The lowest BCUT2D eigenvalue weighted by Gasteiger charge is -2.06. The molecular weight excluding hydrogens is 428 g/mol. The first-order valence-electron chi connectivity index (χ1n) is 8.98. The Morgan fingerprint density at radius 3 is 2.70 bits per heavy atom. The van der Waals surface area contributed by atoms with Crippen molar-refractivity contribution in [2.45, 2.75) is 38.0 Å². The molecule has 12 heteroatoms. The summed E-state index contributed by atoms with van der Waals surface area (Å²) in [5.41, 5.74) is -0.335. The zero-order chi connectivity index (χ0) is 21.5. The maximum absolute atomic E-state index is 13.3. The number of alkyl halides is 3. The fourth-order valence-electron chi connectivity index (χ4n) is 3.05. The van der Waals surface area contributed by atoms with Gasteiger partial charge >= 0.3 is 6.18 Å². The van der Waals surface area contributed by atoms with Crippen LogP contribution in [0.4, 0.5) is 23.5 Å². The van der Waals surface area contributed by atoms with Gasteiger partial charge in [-0.2, -0.15) is 18.3 Å². The third kappa shape index (κ3) is 4.45. The molecule has 0 spiro atoms. The number of hydrogen-bond acceptors (Lipinski definition) is 4. The molecule has 0 aliphatic heterocycles. The highest BCUT2D eigenvalue weighted by Crippen LogP contribution is 2.46. The summed E-state index contributed by atoms with van der Waals surface area (Å²) < 4.78 is 55.0. The van der Waals surface area contributed by atoms with Crippen LogP contribution in [0.2, 0.25) is 5.02 Å². The Morgan fingerprint density at radius 2 is 2.03 bits per heavy atom. The zero-order valence-electron chi connectivity index (χ0n) is 15.3. The maximum atomic E-state index is 13.3. The molecule has 0 saturated heterocycles. The maximum Gasteiger partial charge on any atom is 0.436 e. The predicted molar refractivity (Wildman–Crippen MR) is 98.4 cm³/mol. The molecule has 1 fully saturated rings. The van der Waals surface area contributed by atoms with Crippen molar-refractivity contribution in [1.29, 1.82) is 0 Å². The lowest BCUT2D eigenvalue weighted by Crippen LogP contribution is -2.22. The molecule has 1 aliphatic carbocycles. The first kappa shape index (κ1) is 20.3. The SMILES string of the molecule is O=C(Cn1nc(C(F)(F)F)c(Cl)c1C1CC1)Nc1ncn(Cc2cccc(F)c2)n1. The third-order valence-corrected chi connectivity index (χ3v) is 4.85.